The summed E-state index contributed by atoms with van der Waals surface area (Å²) in [5, 5.41) is 0. The molecular weight excluding hydrogens is 296 g/mol. The molecule has 122 valence electrons. The lowest BCUT2D eigenvalue weighted by molar-refractivity contribution is 0.533. The third-order valence-electron chi connectivity index (χ3n) is 4.29. The Bertz CT molecular complexity index is 695. The Labute approximate surface area is 135 Å². The van der Waals surface area contributed by atoms with E-state index >= 15 is 0 Å². The molecule has 1 aromatic heterocycles. The highest BCUT2D eigenvalue weighted by molar-refractivity contribution is 5.43. The summed E-state index contributed by atoms with van der Waals surface area (Å²) in [6.07, 6.45) is 0.720. The number of benzene rings is 1. The molecule has 0 amide bonds. The van der Waals surface area contributed by atoms with Gasteiger partial charge in [0.15, 0.2) is 0 Å². The average Bonchev–Trinajstić information content (AvgIpc) is 2.96. The fraction of sp³-hybridized carbons (Fsp3) is 0.444. The van der Waals surface area contributed by atoms with Crippen LogP contribution in [-0.2, 0) is 0 Å². The second-order valence-corrected chi connectivity index (χ2v) is 6.45. The summed E-state index contributed by atoms with van der Waals surface area (Å²) in [4.78, 5) is 11.2. The minimum absolute atomic E-state index is 0.144. The van der Waals surface area contributed by atoms with Gasteiger partial charge in [0.05, 0.1) is 0 Å². The summed E-state index contributed by atoms with van der Waals surface area (Å²) in [7, 11) is 0. The standard InChI is InChI=1S/C18H21F2N3/c1-11(2)18-21-12(3)9-16(22-18)23-8-7-13(10-23)17-14(19)5-4-6-15(17)20/h4-6,9,11,13H,7-8,10H2,1-3H3. The van der Waals surface area contributed by atoms with E-state index < -0.39 is 11.6 Å². The van der Waals surface area contributed by atoms with Crippen LogP contribution >= 0.6 is 0 Å². The van der Waals surface area contributed by atoms with E-state index in [1.807, 2.05) is 13.0 Å². The Kier molecular flexibility index (Phi) is 4.28. The highest BCUT2D eigenvalue weighted by atomic mass is 19.1. The van der Waals surface area contributed by atoms with Crippen LogP contribution < -0.4 is 4.90 Å². The third kappa shape index (κ3) is 3.19. The van der Waals surface area contributed by atoms with Crippen LogP contribution in [0.5, 0.6) is 0 Å². The summed E-state index contributed by atoms with van der Waals surface area (Å²) in [5.74, 6) is 0.836. The topological polar surface area (TPSA) is 29.0 Å². The monoisotopic (exact) mass is 317 g/mol. The summed E-state index contributed by atoms with van der Waals surface area (Å²) in [6.45, 7) is 7.37. The molecule has 5 heteroatoms. The molecule has 0 N–H and O–H groups in total. The zero-order chi connectivity index (χ0) is 16.6. The van der Waals surface area contributed by atoms with Gasteiger partial charge in [-0.05, 0) is 25.5 Å². The van der Waals surface area contributed by atoms with E-state index in [1.54, 1.807) is 0 Å². The van der Waals surface area contributed by atoms with Crippen molar-refractivity contribution < 1.29 is 8.78 Å². The lowest BCUT2D eigenvalue weighted by atomic mass is 9.97. The Balaban J connectivity index is 1.86. The molecule has 0 bridgehead atoms. The van der Waals surface area contributed by atoms with Crippen LogP contribution in [0.1, 0.15) is 49.2 Å². The molecule has 1 unspecified atom stereocenters. The first kappa shape index (κ1) is 15.8. The zero-order valence-corrected chi connectivity index (χ0v) is 13.7. The van der Waals surface area contributed by atoms with E-state index in [9.17, 15) is 8.78 Å². The molecule has 3 nitrogen and oxygen atoms in total. The summed E-state index contributed by atoms with van der Waals surface area (Å²) >= 11 is 0. The van der Waals surface area contributed by atoms with Crippen LogP contribution in [0.25, 0.3) is 0 Å². The number of halogens is 2. The summed E-state index contributed by atoms with van der Waals surface area (Å²) in [6, 6.07) is 6.00. The number of aromatic nitrogens is 2. The zero-order valence-electron chi connectivity index (χ0n) is 13.7. The van der Waals surface area contributed by atoms with Crippen molar-refractivity contribution in [2.75, 3.05) is 18.0 Å². The smallest absolute Gasteiger partial charge is 0.133 e. The predicted octanol–water partition coefficient (Wildman–Crippen LogP) is 4.18. The molecule has 0 radical (unpaired) electrons. The van der Waals surface area contributed by atoms with Crippen molar-refractivity contribution in [2.24, 2.45) is 0 Å². The van der Waals surface area contributed by atoms with Crippen LogP contribution in [0.4, 0.5) is 14.6 Å². The lowest BCUT2D eigenvalue weighted by Crippen LogP contribution is -2.22. The highest BCUT2D eigenvalue weighted by Crippen LogP contribution is 2.33. The molecule has 0 saturated carbocycles. The molecule has 1 fully saturated rings. The van der Waals surface area contributed by atoms with Gasteiger partial charge in [0.25, 0.3) is 0 Å². The second-order valence-electron chi connectivity index (χ2n) is 6.45. The van der Waals surface area contributed by atoms with Crippen LogP contribution in [-0.4, -0.2) is 23.1 Å². The van der Waals surface area contributed by atoms with Crippen LogP contribution in [0, 0.1) is 18.6 Å². The maximum atomic E-state index is 14.0. The first-order chi connectivity index (χ1) is 11.0. The minimum atomic E-state index is -0.460. The number of hydrogen-bond acceptors (Lipinski definition) is 3. The van der Waals surface area contributed by atoms with Gasteiger partial charge < -0.3 is 4.90 Å². The van der Waals surface area contributed by atoms with E-state index in [0.29, 0.717) is 6.54 Å². The number of nitrogens with zero attached hydrogens (tertiary/aromatic N) is 3. The van der Waals surface area contributed by atoms with E-state index in [2.05, 4.69) is 28.7 Å². The van der Waals surface area contributed by atoms with Crippen molar-refractivity contribution in [1.29, 1.82) is 0 Å². The van der Waals surface area contributed by atoms with E-state index in [0.717, 1.165) is 30.3 Å². The first-order valence-electron chi connectivity index (χ1n) is 8.00. The molecule has 0 aliphatic carbocycles. The fourth-order valence-corrected chi connectivity index (χ4v) is 3.10. The molecule has 1 aromatic carbocycles. The Hall–Kier alpha value is -2.04. The lowest BCUT2D eigenvalue weighted by Gasteiger charge is -2.20. The van der Waals surface area contributed by atoms with Crippen molar-refractivity contribution in [3.8, 4) is 0 Å². The van der Waals surface area contributed by atoms with Gasteiger partial charge in [-0.15, -0.1) is 0 Å². The maximum Gasteiger partial charge on any atom is 0.133 e. The Morgan fingerprint density at radius 2 is 1.87 bits per heavy atom. The molecule has 2 aromatic rings. The number of anilines is 1. The molecule has 1 atom stereocenters. The van der Waals surface area contributed by atoms with Gasteiger partial charge in [0, 0.05) is 42.2 Å². The maximum absolute atomic E-state index is 14.0. The molecule has 1 aliphatic rings. The quantitative estimate of drug-likeness (QED) is 0.850. The summed E-state index contributed by atoms with van der Waals surface area (Å²) < 4.78 is 28.0. The SMILES string of the molecule is Cc1cc(N2CCC(c3c(F)cccc3F)C2)nc(C(C)C)n1. The van der Waals surface area contributed by atoms with Crippen molar-refractivity contribution in [2.45, 2.75) is 39.0 Å². The van der Waals surface area contributed by atoms with Crippen LogP contribution in [0.15, 0.2) is 24.3 Å². The van der Waals surface area contributed by atoms with E-state index in [4.69, 9.17) is 0 Å². The Morgan fingerprint density at radius 1 is 1.17 bits per heavy atom. The number of hydrogen-bond donors (Lipinski definition) is 0. The molecule has 23 heavy (non-hydrogen) atoms. The van der Waals surface area contributed by atoms with Crippen molar-refractivity contribution in [3.63, 3.8) is 0 Å². The van der Waals surface area contributed by atoms with E-state index in [1.165, 1.54) is 18.2 Å². The Morgan fingerprint density at radius 3 is 2.52 bits per heavy atom. The second kappa shape index (κ2) is 6.22. The number of aryl methyl sites for hydroxylation is 1. The fourth-order valence-electron chi connectivity index (χ4n) is 3.10. The third-order valence-corrected chi connectivity index (χ3v) is 4.29. The van der Waals surface area contributed by atoms with Crippen molar-refractivity contribution in [1.82, 2.24) is 9.97 Å². The van der Waals surface area contributed by atoms with E-state index in [-0.39, 0.29) is 17.4 Å². The van der Waals surface area contributed by atoms with Gasteiger partial charge in [0.2, 0.25) is 0 Å². The van der Waals surface area contributed by atoms with Crippen LogP contribution in [0.2, 0.25) is 0 Å². The molecule has 0 spiro atoms. The van der Waals surface area contributed by atoms with Gasteiger partial charge in [-0.1, -0.05) is 19.9 Å². The average molecular weight is 317 g/mol. The normalized spacial score (nSPS) is 18.0. The molecule has 3 rings (SSSR count). The van der Waals surface area contributed by atoms with Gasteiger partial charge in [0.1, 0.15) is 23.3 Å². The molecular formula is C18H21F2N3. The minimum Gasteiger partial charge on any atom is -0.356 e. The van der Waals surface area contributed by atoms with Crippen molar-refractivity contribution in [3.05, 3.63) is 53.0 Å². The van der Waals surface area contributed by atoms with Crippen LogP contribution in [0.3, 0.4) is 0 Å². The summed E-state index contributed by atoms with van der Waals surface area (Å²) in [5.41, 5.74) is 1.11. The molecule has 2 heterocycles. The number of rotatable bonds is 3. The van der Waals surface area contributed by atoms with Gasteiger partial charge in [-0.2, -0.15) is 0 Å². The van der Waals surface area contributed by atoms with Gasteiger partial charge >= 0.3 is 0 Å². The van der Waals surface area contributed by atoms with Gasteiger partial charge in [-0.25, -0.2) is 18.7 Å². The van der Waals surface area contributed by atoms with Gasteiger partial charge in [-0.3, -0.25) is 0 Å². The highest BCUT2D eigenvalue weighted by Gasteiger charge is 2.29. The largest absolute Gasteiger partial charge is 0.356 e. The molecule has 1 saturated heterocycles. The predicted molar refractivity (Wildman–Crippen MR) is 86.8 cm³/mol. The van der Waals surface area contributed by atoms with Crippen molar-refractivity contribution >= 4 is 5.82 Å². The molecule has 1 aliphatic heterocycles. The first-order valence-corrected chi connectivity index (χ1v) is 8.00.